The second-order valence-electron chi connectivity index (χ2n) is 7.85. The second-order valence-corrected chi connectivity index (χ2v) is 8.26. The summed E-state index contributed by atoms with van der Waals surface area (Å²) in [7, 11) is 0. The van der Waals surface area contributed by atoms with Crippen molar-refractivity contribution in [1.29, 1.82) is 5.26 Å². The minimum Gasteiger partial charge on any atom is -0.369 e. The largest absolute Gasteiger partial charge is 0.369 e. The van der Waals surface area contributed by atoms with Gasteiger partial charge < -0.3 is 16.0 Å². The average molecular weight is 472 g/mol. The van der Waals surface area contributed by atoms with Gasteiger partial charge in [0.25, 0.3) is 11.2 Å². The molecular weight excluding hydrogens is 454 g/mol. The monoisotopic (exact) mass is 471 g/mol. The molecule has 0 saturated carbocycles. The van der Waals surface area contributed by atoms with E-state index < -0.39 is 28.2 Å². The molecule has 2 atom stereocenters. The first-order chi connectivity index (χ1) is 15.7. The van der Waals surface area contributed by atoms with E-state index in [0.29, 0.717) is 25.9 Å². The molecule has 2 aliphatic heterocycles. The number of rotatable bonds is 4. The van der Waals surface area contributed by atoms with Gasteiger partial charge >= 0.3 is 0 Å². The molecule has 13 heteroatoms. The zero-order valence-corrected chi connectivity index (χ0v) is 17.8. The SMILES string of the molecule is N#CC1C(=O)Nc2nc(N3CCC(C(N)=O)CC3)[nH]c(=O)c2C1c1cc([N+](=O)[O-])ccc1Cl. The molecule has 170 valence electrons. The van der Waals surface area contributed by atoms with Crippen molar-refractivity contribution in [2.45, 2.75) is 18.8 Å². The van der Waals surface area contributed by atoms with Gasteiger partial charge in [-0.1, -0.05) is 11.6 Å². The predicted octanol–water partition coefficient (Wildman–Crippen LogP) is 1.26. The molecule has 2 unspecified atom stereocenters. The summed E-state index contributed by atoms with van der Waals surface area (Å²) in [5, 5.41) is 23.5. The maximum atomic E-state index is 13.1. The number of nitro benzene ring substituents is 1. The number of primary amides is 1. The first-order valence-corrected chi connectivity index (χ1v) is 10.4. The van der Waals surface area contributed by atoms with E-state index in [0.717, 1.165) is 6.07 Å². The van der Waals surface area contributed by atoms with Gasteiger partial charge in [0, 0.05) is 42.1 Å². The molecule has 0 aliphatic carbocycles. The highest BCUT2D eigenvalue weighted by Crippen LogP contribution is 2.42. The molecule has 3 heterocycles. The summed E-state index contributed by atoms with van der Waals surface area (Å²) in [6, 6.07) is 5.50. The molecule has 1 saturated heterocycles. The Hall–Kier alpha value is -3.98. The summed E-state index contributed by atoms with van der Waals surface area (Å²) in [6.07, 6.45) is 0.982. The fraction of sp³-hybridized carbons (Fsp3) is 0.350. The van der Waals surface area contributed by atoms with Crippen LogP contribution in [-0.2, 0) is 9.59 Å². The highest BCUT2D eigenvalue weighted by atomic mass is 35.5. The zero-order chi connectivity index (χ0) is 23.9. The van der Waals surface area contributed by atoms with Gasteiger partial charge in [-0.25, -0.2) is 0 Å². The number of nitrogens with two attached hydrogens (primary N) is 1. The van der Waals surface area contributed by atoms with E-state index >= 15 is 0 Å². The Kier molecular flexibility index (Phi) is 5.73. The van der Waals surface area contributed by atoms with Crippen LogP contribution in [0.3, 0.4) is 0 Å². The van der Waals surface area contributed by atoms with Crippen LogP contribution in [0.4, 0.5) is 17.5 Å². The fourth-order valence-corrected chi connectivity index (χ4v) is 4.48. The number of carbonyl (C=O) groups excluding carboxylic acids is 2. The van der Waals surface area contributed by atoms with Gasteiger partial charge in [0.05, 0.1) is 16.6 Å². The number of halogens is 1. The fourth-order valence-electron chi connectivity index (χ4n) is 4.24. The minimum absolute atomic E-state index is 0.0145. The molecule has 0 bridgehead atoms. The molecule has 4 rings (SSSR count). The second kappa shape index (κ2) is 8.51. The lowest BCUT2D eigenvalue weighted by molar-refractivity contribution is -0.384. The molecule has 33 heavy (non-hydrogen) atoms. The third-order valence-corrected chi connectivity index (χ3v) is 6.32. The van der Waals surface area contributed by atoms with E-state index in [4.69, 9.17) is 17.3 Å². The van der Waals surface area contributed by atoms with Crippen molar-refractivity contribution in [2.75, 3.05) is 23.3 Å². The van der Waals surface area contributed by atoms with Crippen molar-refractivity contribution in [3.8, 4) is 6.07 Å². The molecule has 0 radical (unpaired) electrons. The Morgan fingerprint density at radius 3 is 2.64 bits per heavy atom. The number of nitriles is 1. The van der Waals surface area contributed by atoms with Crippen LogP contribution in [-0.4, -0.2) is 39.8 Å². The van der Waals surface area contributed by atoms with Crippen LogP contribution in [0.15, 0.2) is 23.0 Å². The lowest BCUT2D eigenvalue weighted by Crippen LogP contribution is -2.42. The molecule has 4 N–H and O–H groups in total. The maximum absolute atomic E-state index is 13.1. The van der Waals surface area contributed by atoms with E-state index in [1.165, 1.54) is 12.1 Å². The number of hydrogen-bond donors (Lipinski definition) is 3. The van der Waals surface area contributed by atoms with Crippen molar-refractivity contribution >= 4 is 40.9 Å². The van der Waals surface area contributed by atoms with Crippen molar-refractivity contribution in [3.63, 3.8) is 0 Å². The molecule has 2 amide bonds. The van der Waals surface area contributed by atoms with E-state index in [1.807, 2.05) is 6.07 Å². The van der Waals surface area contributed by atoms with Crippen molar-refractivity contribution in [1.82, 2.24) is 9.97 Å². The smallest absolute Gasteiger partial charge is 0.269 e. The molecule has 2 aromatic rings. The number of aromatic amines is 1. The van der Waals surface area contributed by atoms with Crippen LogP contribution in [0, 0.1) is 33.3 Å². The lowest BCUT2D eigenvalue weighted by Gasteiger charge is -2.33. The van der Waals surface area contributed by atoms with Crippen LogP contribution in [0.5, 0.6) is 0 Å². The number of piperidine rings is 1. The van der Waals surface area contributed by atoms with Crippen LogP contribution in [0.25, 0.3) is 0 Å². The van der Waals surface area contributed by atoms with E-state index in [-0.39, 0.29) is 45.4 Å². The third kappa shape index (κ3) is 3.98. The van der Waals surface area contributed by atoms with Crippen LogP contribution >= 0.6 is 11.6 Å². The summed E-state index contributed by atoms with van der Waals surface area (Å²) >= 11 is 6.27. The van der Waals surface area contributed by atoms with E-state index in [9.17, 15) is 29.8 Å². The third-order valence-electron chi connectivity index (χ3n) is 5.97. The van der Waals surface area contributed by atoms with Gasteiger partial charge in [0.15, 0.2) is 0 Å². The van der Waals surface area contributed by atoms with E-state index in [2.05, 4.69) is 15.3 Å². The number of fused-ring (bicyclic) bond motifs is 1. The highest BCUT2D eigenvalue weighted by molar-refractivity contribution is 6.31. The standard InChI is InChI=1S/C20H18ClN7O5/c21-13-2-1-10(28(32)33)7-11(13)14-12(8-22)18(30)24-17-15(14)19(31)26-20(25-17)27-5-3-9(4-6-27)16(23)29/h1-2,7,9,12,14H,3-6H2,(H2,23,29)(H2,24,25,26,30,31). The van der Waals surface area contributed by atoms with Gasteiger partial charge in [0.1, 0.15) is 11.7 Å². The number of anilines is 2. The number of carbonyl (C=O) groups is 2. The number of nitro groups is 1. The molecule has 1 aromatic carbocycles. The summed E-state index contributed by atoms with van der Waals surface area (Å²) < 4.78 is 0. The number of benzene rings is 1. The van der Waals surface area contributed by atoms with Gasteiger partial charge in [-0.15, -0.1) is 0 Å². The van der Waals surface area contributed by atoms with Crippen LogP contribution < -0.4 is 21.5 Å². The number of nitrogens with zero attached hydrogens (tertiary/aromatic N) is 4. The minimum atomic E-state index is -1.35. The first-order valence-electron chi connectivity index (χ1n) is 10.0. The molecule has 0 spiro atoms. The van der Waals surface area contributed by atoms with Gasteiger partial charge in [-0.3, -0.25) is 29.5 Å². The Labute approximate surface area is 191 Å². The lowest BCUT2D eigenvalue weighted by atomic mass is 9.79. The zero-order valence-electron chi connectivity index (χ0n) is 17.1. The summed E-state index contributed by atoms with van der Waals surface area (Å²) in [5.74, 6) is -3.70. The Morgan fingerprint density at radius 2 is 2.03 bits per heavy atom. The van der Waals surface area contributed by atoms with E-state index in [1.54, 1.807) is 4.90 Å². The number of aromatic nitrogens is 2. The molecular formula is C20H18ClN7O5. The van der Waals surface area contributed by atoms with Crippen molar-refractivity contribution < 1.29 is 14.5 Å². The molecule has 1 aromatic heterocycles. The predicted molar refractivity (Wildman–Crippen MR) is 117 cm³/mol. The topological polar surface area (TPSA) is 188 Å². The number of H-pyrrole nitrogens is 1. The number of amides is 2. The quantitative estimate of drug-likeness (QED) is 0.438. The highest BCUT2D eigenvalue weighted by Gasteiger charge is 2.42. The normalized spacial score (nSPS) is 20.5. The van der Waals surface area contributed by atoms with Crippen LogP contribution in [0.2, 0.25) is 5.02 Å². The Balaban J connectivity index is 1.80. The van der Waals surface area contributed by atoms with Gasteiger partial charge in [-0.2, -0.15) is 10.2 Å². The molecule has 1 fully saturated rings. The van der Waals surface area contributed by atoms with Gasteiger partial charge in [-0.05, 0) is 24.5 Å². The van der Waals surface area contributed by atoms with Crippen molar-refractivity contribution in [2.24, 2.45) is 17.6 Å². The summed E-state index contributed by atoms with van der Waals surface area (Å²) in [6.45, 7) is 0.842. The maximum Gasteiger partial charge on any atom is 0.269 e. The number of nitrogens with one attached hydrogen (secondary N) is 2. The summed E-state index contributed by atoms with van der Waals surface area (Å²) in [5.41, 5.74) is 4.55. The number of hydrogen-bond acceptors (Lipinski definition) is 8. The Bertz CT molecular complexity index is 1260. The first kappa shape index (κ1) is 22.2. The molecule has 2 aliphatic rings. The van der Waals surface area contributed by atoms with Crippen molar-refractivity contribution in [3.05, 3.63) is 54.8 Å². The summed E-state index contributed by atoms with van der Waals surface area (Å²) in [4.78, 5) is 56.7. The van der Waals surface area contributed by atoms with Gasteiger partial charge in [0.2, 0.25) is 17.8 Å². The average Bonchev–Trinajstić information content (AvgIpc) is 2.78. The number of non-ortho nitro benzene ring substituents is 1. The van der Waals surface area contributed by atoms with Crippen LogP contribution in [0.1, 0.15) is 29.9 Å². The Morgan fingerprint density at radius 1 is 1.33 bits per heavy atom. The molecule has 12 nitrogen and oxygen atoms in total.